The fourth-order valence-electron chi connectivity index (χ4n) is 1.21. The zero-order chi connectivity index (χ0) is 14.5. The molecule has 0 saturated heterocycles. The number of nitrogens with one attached hydrogen (secondary N) is 3. The van der Waals surface area contributed by atoms with Gasteiger partial charge in [-0.1, -0.05) is 0 Å². The van der Waals surface area contributed by atoms with Crippen LogP contribution in [0.15, 0.2) is 11.1 Å². The predicted molar refractivity (Wildman–Crippen MR) is 72.0 cm³/mol. The fourth-order valence-corrected chi connectivity index (χ4v) is 1.21. The molecular formula is C11H19N5O3. The van der Waals surface area contributed by atoms with Gasteiger partial charge in [0.15, 0.2) is 5.82 Å². The van der Waals surface area contributed by atoms with Gasteiger partial charge in [-0.3, -0.25) is 4.79 Å². The van der Waals surface area contributed by atoms with Crippen molar-refractivity contribution in [2.45, 2.75) is 26.4 Å². The molecule has 8 nitrogen and oxygen atoms in total. The molecule has 0 aliphatic rings. The summed E-state index contributed by atoms with van der Waals surface area (Å²) in [5.74, 6) is 0.287. The van der Waals surface area contributed by atoms with E-state index in [0.717, 1.165) is 0 Å². The molecule has 8 heteroatoms. The maximum Gasteiger partial charge on any atom is 0.407 e. The molecule has 1 aromatic heterocycles. The van der Waals surface area contributed by atoms with Gasteiger partial charge in [-0.25, -0.2) is 9.78 Å². The van der Waals surface area contributed by atoms with Gasteiger partial charge < -0.3 is 26.1 Å². The van der Waals surface area contributed by atoms with Crippen LogP contribution >= 0.6 is 0 Å². The van der Waals surface area contributed by atoms with E-state index in [9.17, 15) is 9.59 Å². The van der Waals surface area contributed by atoms with Crippen LogP contribution in [-0.2, 0) is 4.74 Å². The maximum atomic E-state index is 11.3. The lowest BCUT2D eigenvalue weighted by Gasteiger charge is -2.19. The Kier molecular flexibility index (Phi) is 4.74. The average molecular weight is 269 g/mol. The van der Waals surface area contributed by atoms with Crippen LogP contribution in [0.1, 0.15) is 20.8 Å². The second kappa shape index (κ2) is 6.07. The summed E-state index contributed by atoms with van der Waals surface area (Å²) in [5.41, 5.74) is 4.60. The Labute approximate surface area is 110 Å². The van der Waals surface area contributed by atoms with Gasteiger partial charge in [0.25, 0.3) is 5.56 Å². The van der Waals surface area contributed by atoms with Gasteiger partial charge in [0.05, 0.1) is 6.33 Å². The Morgan fingerprint density at radius 2 is 2.16 bits per heavy atom. The van der Waals surface area contributed by atoms with Crippen molar-refractivity contribution in [2.24, 2.45) is 0 Å². The third kappa shape index (κ3) is 5.28. The van der Waals surface area contributed by atoms with Crippen molar-refractivity contribution in [3.63, 3.8) is 0 Å². The molecule has 106 valence electrons. The van der Waals surface area contributed by atoms with Gasteiger partial charge in [-0.05, 0) is 20.8 Å². The highest BCUT2D eigenvalue weighted by Gasteiger charge is 2.15. The first kappa shape index (κ1) is 14.8. The summed E-state index contributed by atoms with van der Waals surface area (Å²) < 4.78 is 5.06. The van der Waals surface area contributed by atoms with Gasteiger partial charge in [0.2, 0.25) is 0 Å². The van der Waals surface area contributed by atoms with E-state index in [2.05, 4.69) is 20.6 Å². The van der Waals surface area contributed by atoms with E-state index in [1.165, 1.54) is 6.33 Å². The number of amides is 1. The number of H-pyrrole nitrogens is 1. The largest absolute Gasteiger partial charge is 0.444 e. The molecule has 0 aliphatic carbocycles. The summed E-state index contributed by atoms with van der Waals surface area (Å²) in [6.07, 6.45) is 0.753. The summed E-state index contributed by atoms with van der Waals surface area (Å²) >= 11 is 0. The second-order valence-corrected chi connectivity index (χ2v) is 4.85. The maximum absolute atomic E-state index is 11.3. The number of carbonyl (C=O) groups is 1. The minimum Gasteiger partial charge on any atom is -0.444 e. The second-order valence-electron chi connectivity index (χ2n) is 4.85. The molecule has 1 aromatic rings. The highest BCUT2D eigenvalue weighted by Crippen LogP contribution is 2.07. The van der Waals surface area contributed by atoms with E-state index >= 15 is 0 Å². The van der Waals surface area contributed by atoms with Crippen LogP contribution in [0, 0.1) is 0 Å². The highest BCUT2D eigenvalue weighted by atomic mass is 16.6. The van der Waals surface area contributed by atoms with E-state index in [0.29, 0.717) is 13.1 Å². The number of hydrogen-bond acceptors (Lipinski definition) is 6. The molecule has 1 heterocycles. The van der Waals surface area contributed by atoms with E-state index < -0.39 is 17.3 Å². The quantitative estimate of drug-likeness (QED) is 0.583. The Balaban J connectivity index is 2.34. The average Bonchev–Trinajstić information content (AvgIpc) is 2.27. The first-order valence-corrected chi connectivity index (χ1v) is 5.83. The number of carbonyl (C=O) groups excluding carboxylic acids is 1. The van der Waals surface area contributed by atoms with Crippen LogP contribution < -0.4 is 21.9 Å². The number of aromatic nitrogens is 2. The molecule has 0 unspecified atom stereocenters. The smallest absolute Gasteiger partial charge is 0.407 e. The Hall–Kier alpha value is -2.25. The standard InChI is InChI=1S/C11H19N5O3/c1-11(2,3)19-10(18)14-5-4-13-8-7(12)9(17)16-6-15-8/h6H,4-5,12H2,1-3H3,(H,14,18)(H2,13,15,16,17). The highest BCUT2D eigenvalue weighted by molar-refractivity contribution is 5.67. The molecule has 0 saturated carbocycles. The van der Waals surface area contributed by atoms with Crippen molar-refractivity contribution >= 4 is 17.6 Å². The molecule has 0 spiro atoms. The lowest BCUT2D eigenvalue weighted by Crippen LogP contribution is -2.35. The first-order chi connectivity index (χ1) is 8.79. The van der Waals surface area contributed by atoms with Crippen LogP contribution in [0.25, 0.3) is 0 Å². The number of nitrogens with two attached hydrogens (primary N) is 1. The van der Waals surface area contributed by atoms with Gasteiger partial charge >= 0.3 is 6.09 Å². The molecule has 0 aliphatic heterocycles. The number of rotatable bonds is 4. The van der Waals surface area contributed by atoms with E-state index in [4.69, 9.17) is 10.5 Å². The number of nitrogen functional groups attached to an aromatic ring is 1. The Morgan fingerprint density at radius 3 is 2.79 bits per heavy atom. The number of hydrogen-bond donors (Lipinski definition) is 4. The molecule has 1 rings (SSSR count). The predicted octanol–water partition coefficient (Wildman–Crippen LogP) is 0.289. The lowest BCUT2D eigenvalue weighted by atomic mass is 10.2. The summed E-state index contributed by atoms with van der Waals surface area (Å²) in [6, 6.07) is 0. The van der Waals surface area contributed by atoms with Crippen molar-refractivity contribution in [3.05, 3.63) is 16.7 Å². The number of nitrogens with zero attached hydrogens (tertiary/aromatic N) is 1. The molecule has 1 amide bonds. The van der Waals surface area contributed by atoms with Crippen molar-refractivity contribution in [1.29, 1.82) is 0 Å². The van der Waals surface area contributed by atoms with Crippen molar-refractivity contribution in [3.8, 4) is 0 Å². The molecule has 0 bridgehead atoms. The topological polar surface area (TPSA) is 122 Å². The van der Waals surface area contributed by atoms with Crippen LogP contribution in [0.5, 0.6) is 0 Å². The summed E-state index contributed by atoms with van der Waals surface area (Å²) in [7, 11) is 0. The SMILES string of the molecule is CC(C)(C)OC(=O)NCCNc1nc[nH]c(=O)c1N. The summed E-state index contributed by atoms with van der Waals surface area (Å²) in [6.45, 7) is 6.05. The molecule has 0 radical (unpaired) electrons. The Bertz CT molecular complexity index is 492. The first-order valence-electron chi connectivity index (χ1n) is 5.83. The minimum absolute atomic E-state index is 0.0137. The normalized spacial score (nSPS) is 10.9. The summed E-state index contributed by atoms with van der Waals surface area (Å²) in [5, 5.41) is 5.41. The van der Waals surface area contributed by atoms with Gasteiger partial charge in [-0.15, -0.1) is 0 Å². The monoisotopic (exact) mass is 269 g/mol. The van der Waals surface area contributed by atoms with Crippen LogP contribution in [0.2, 0.25) is 0 Å². The molecule has 0 atom stereocenters. The molecule has 0 aromatic carbocycles. The molecular weight excluding hydrogens is 250 g/mol. The lowest BCUT2D eigenvalue weighted by molar-refractivity contribution is 0.0530. The zero-order valence-corrected chi connectivity index (χ0v) is 11.2. The van der Waals surface area contributed by atoms with E-state index in [-0.39, 0.29) is 11.5 Å². The van der Waals surface area contributed by atoms with Gasteiger partial charge in [0, 0.05) is 13.1 Å². The third-order valence-electron chi connectivity index (χ3n) is 1.97. The van der Waals surface area contributed by atoms with E-state index in [1.54, 1.807) is 20.8 Å². The molecule has 0 fully saturated rings. The third-order valence-corrected chi connectivity index (χ3v) is 1.97. The van der Waals surface area contributed by atoms with Crippen LogP contribution in [0.3, 0.4) is 0 Å². The van der Waals surface area contributed by atoms with Gasteiger partial charge in [0.1, 0.15) is 11.3 Å². The van der Waals surface area contributed by atoms with Gasteiger partial charge in [-0.2, -0.15) is 0 Å². The Morgan fingerprint density at radius 1 is 1.47 bits per heavy atom. The number of alkyl carbamates (subject to hydrolysis) is 1. The number of ether oxygens (including phenoxy) is 1. The molecule has 19 heavy (non-hydrogen) atoms. The zero-order valence-electron chi connectivity index (χ0n) is 11.2. The van der Waals surface area contributed by atoms with Crippen LogP contribution in [0.4, 0.5) is 16.3 Å². The number of aromatic amines is 1. The molecule has 5 N–H and O–H groups in total. The fraction of sp³-hybridized carbons (Fsp3) is 0.545. The van der Waals surface area contributed by atoms with Crippen molar-refractivity contribution in [2.75, 3.05) is 24.1 Å². The minimum atomic E-state index is -0.532. The van der Waals surface area contributed by atoms with Crippen LogP contribution in [-0.4, -0.2) is 34.8 Å². The van der Waals surface area contributed by atoms with Crippen molar-refractivity contribution < 1.29 is 9.53 Å². The van der Waals surface area contributed by atoms with Crippen molar-refractivity contribution in [1.82, 2.24) is 15.3 Å². The summed E-state index contributed by atoms with van der Waals surface area (Å²) in [4.78, 5) is 28.8. The number of anilines is 2. The van der Waals surface area contributed by atoms with E-state index in [1.807, 2.05) is 0 Å².